The van der Waals surface area contributed by atoms with Crippen molar-refractivity contribution in [2.24, 2.45) is 0 Å². The largest absolute Gasteiger partial charge is 0.444 e. The molecule has 1 fully saturated rings. The lowest BCUT2D eigenvalue weighted by Crippen LogP contribution is -2.47. The Morgan fingerprint density at radius 3 is 2.47 bits per heavy atom. The summed E-state index contributed by atoms with van der Waals surface area (Å²) in [5.41, 5.74) is 0.410. The van der Waals surface area contributed by atoms with Gasteiger partial charge in [0.25, 0.3) is 0 Å². The Morgan fingerprint density at radius 2 is 1.84 bits per heavy atom. The Kier molecular flexibility index (Phi) is 6.76. The zero-order chi connectivity index (χ0) is 23.5. The summed E-state index contributed by atoms with van der Waals surface area (Å²) in [6.07, 6.45) is -2.10. The Labute approximate surface area is 184 Å². The van der Waals surface area contributed by atoms with Crippen LogP contribution in [-0.4, -0.2) is 40.1 Å². The van der Waals surface area contributed by atoms with E-state index in [2.05, 4.69) is 10.3 Å². The molecule has 2 aromatic rings. The van der Waals surface area contributed by atoms with Crippen LogP contribution in [0.15, 0.2) is 42.6 Å². The highest BCUT2D eigenvalue weighted by Gasteiger charge is 2.36. The van der Waals surface area contributed by atoms with E-state index in [9.17, 15) is 22.8 Å². The molecular weight excluding hydrogens is 423 g/mol. The van der Waals surface area contributed by atoms with Gasteiger partial charge in [0.05, 0.1) is 11.3 Å². The van der Waals surface area contributed by atoms with E-state index in [4.69, 9.17) is 4.74 Å². The van der Waals surface area contributed by atoms with Gasteiger partial charge < -0.3 is 10.1 Å². The van der Waals surface area contributed by atoms with Gasteiger partial charge in [-0.05, 0) is 63.4 Å². The van der Waals surface area contributed by atoms with E-state index >= 15 is 0 Å². The molecule has 172 valence electrons. The first-order chi connectivity index (χ1) is 14.9. The van der Waals surface area contributed by atoms with Gasteiger partial charge in [-0.2, -0.15) is 13.2 Å². The lowest BCUT2D eigenvalue weighted by atomic mass is 10.1. The van der Waals surface area contributed by atoms with Crippen molar-refractivity contribution in [3.8, 4) is 11.3 Å². The summed E-state index contributed by atoms with van der Waals surface area (Å²) in [5.74, 6) is -0.277. The number of alkyl halides is 3. The Balaban J connectivity index is 1.63. The van der Waals surface area contributed by atoms with Crippen molar-refractivity contribution >= 4 is 12.0 Å². The first-order valence-electron chi connectivity index (χ1n) is 10.3. The first-order valence-corrected chi connectivity index (χ1v) is 10.3. The standard InChI is InChI=1S/C23H26F3N3O3/c1-22(2,3)32-21(31)29-12-4-5-19(29)20(30)28-14-15-10-11-27-18(13-15)16-6-8-17(9-7-16)23(24,25)26/h6-11,13,19H,4-5,12,14H2,1-3H3,(H,28,30)/t19-/m0/s1. The minimum Gasteiger partial charge on any atom is -0.444 e. The normalized spacial score (nSPS) is 16.7. The number of likely N-dealkylation sites (tertiary alicyclic amines) is 1. The second kappa shape index (κ2) is 9.18. The van der Waals surface area contributed by atoms with Crippen LogP contribution in [0.4, 0.5) is 18.0 Å². The second-order valence-corrected chi connectivity index (χ2v) is 8.67. The number of benzene rings is 1. The van der Waals surface area contributed by atoms with Crippen LogP contribution in [0.1, 0.15) is 44.7 Å². The average molecular weight is 449 g/mol. The fourth-order valence-electron chi connectivity index (χ4n) is 3.46. The topological polar surface area (TPSA) is 71.5 Å². The number of pyridine rings is 1. The molecular formula is C23H26F3N3O3. The monoisotopic (exact) mass is 449 g/mol. The van der Waals surface area contributed by atoms with Gasteiger partial charge in [0.1, 0.15) is 11.6 Å². The molecule has 32 heavy (non-hydrogen) atoms. The smallest absolute Gasteiger partial charge is 0.416 e. The fourth-order valence-corrected chi connectivity index (χ4v) is 3.46. The van der Waals surface area contributed by atoms with E-state index in [1.807, 2.05) is 0 Å². The molecule has 1 atom stereocenters. The van der Waals surface area contributed by atoms with Crippen molar-refractivity contribution in [3.05, 3.63) is 53.7 Å². The molecule has 9 heteroatoms. The number of rotatable bonds is 4. The Bertz CT molecular complexity index is 969. The van der Waals surface area contributed by atoms with Crippen molar-refractivity contribution in [2.45, 2.75) is 58.0 Å². The number of nitrogens with zero attached hydrogens (tertiary/aromatic N) is 2. The van der Waals surface area contributed by atoms with Gasteiger partial charge >= 0.3 is 12.3 Å². The van der Waals surface area contributed by atoms with Crippen LogP contribution in [-0.2, 0) is 22.3 Å². The number of hydrogen-bond acceptors (Lipinski definition) is 4. The van der Waals surface area contributed by atoms with Crippen LogP contribution in [0.5, 0.6) is 0 Å². The SMILES string of the molecule is CC(C)(C)OC(=O)N1CCC[C@H]1C(=O)NCc1ccnc(-c2ccc(C(F)(F)F)cc2)c1. The average Bonchev–Trinajstić information content (AvgIpc) is 3.21. The van der Waals surface area contributed by atoms with Crippen LogP contribution < -0.4 is 5.32 Å². The summed E-state index contributed by atoms with van der Waals surface area (Å²) < 4.78 is 43.7. The first kappa shape index (κ1) is 23.6. The third kappa shape index (κ3) is 5.99. The van der Waals surface area contributed by atoms with E-state index in [1.54, 1.807) is 32.9 Å². The lowest BCUT2D eigenvalue weighted by Gasteiger charge is -2.28. The predicted octanol–water partition coefficient (Wildman–Crippen LogP) is 4.78. The summed E-state index contributed by atoms with van der Waals surface area (Å²) in [6, 6.07) is 7.58. The number of ether oxygens (including phenoxy) is 1. The molecule has 1 aliphatic heterocycles. The van der Waals surface area contributed by atoms with E-state index in [-0.39, 0.29) is 12.5 Å². The number of aromatic nitrogens is 1. The van der Waals surface area contributed by atoms with Crippen molar-refractivity contribution in [1.29, 1.82) is 0 Å². The van der Waals surface area contributed by atoms with E-state index in [0.717, 1.165) is 17.7 Å². The molecule has 0 unspecified atom stereocenters. The van der Waals surface area contributed by atoms with E-state index < -0.39 is 29.5 Å². The molecule has 6 nitrogen and oxygen atoms in total. The molecule has 0 saturated carbocycles. The summed E-state index contributed by atoms with van der Waals surface area (Å²) in [5, 5.41) is 2.83. The van der Waals surface area contributed by atoms with Gasteiger partial charge in [-0.3, -0.25) is 14.7 Å². The highest BCUT2D eigenvalue weighted by atomic mass is 19.4. The fraction of sp³-hybridized carbons (Fsp3) is 0.435. The molecule has 2 amide bonds. The quantitative estimate of drug-likeness (QED) is 0.729. The van der Waals surface area contributed by atoms with Gasteiger partial charge in [0.15, 0.2) is 0 Å². The molecule has 0 radical (unpaired) electrons. The van der Waals surface area contributed by atoms with Crippen LogP contribution >= 0.6 is 0 Å². The number of halogens is 3. The van der Waals surface area contributed by atoms with Gasteiger partial charge in [0.2, 0.25) is 5.91 Å². The molecule has 1 N–H and O–H groups in total. The summed E-state index contributed by atoms with van der Waals surface area (Å²) in [7, 11) is 0. The zero-order valence-corrected chi connectivity index (χ0v) is 18.2. The molecule has 1 aromatic carbocycles. The molecule has 0 aliphatic carbocycles. The minimum absolute atomic E-state index is 0.202. The number of carbonyl (C=O) groups excluding carboxylic acids is 2. The number of nitrogens with one attached hydrogen (secondary N) is 1. The molecule has 1 aliphatic rings. The second-order valence-electron chi connectivity index (χ2n) is 8.67. The maximum absolute atomic E-state index is 12.8. The minimum atomic E-state index is -4.40. The third-order valence-corrected chi connectivity index (χ3v) is 4.98. The van der Waals surface area contributed by atoms with Gasteiger partial charge in [-0.15, -0.1) is 0 Å². The van der Waals surface area contributed by atoms with Crippen molar-refractivity contribution < 1.29 is 27.5 Å². The lowest BCUT2D eigenvalue weighted by molar-refractivity contribution is -0.137. The van der Waals surface area contributed by atoms with Crippen molar-refractivity contribution in [1.82, 2.24) is 15.2 Å². The van der Waals surface area contributed by atoms with Gasteiger partial charge in [-0.25, -0.2) is 4.79 Å². The molecule has 0 spiro atoms. The summed E-state index contributed by atoms with van der Waals surface area (Å²) in [6.45, 7) is 5.98. The molecule has 0 bridgehead atoms. The van der Waals surface area contributed by atoms with Crippen molar-refractivity contribution in [3.63, 3.8) is 0 Å². The molecule has 3 rings (SSSR count). The number of carbonyl (C=O) groups is 2. The van der Waals surface area contributed by atoms with Gasteiger partial charge in [-0.1, -0.05) is 12.1 Å². The summed E-state index contributed by atoms with van der Waals surface area (Å²) >= 11 is 0. The van der Waals surface area contributed by atoms with Crippen LogP contribution in [0.3, 0.4) is 0 Å². The Hall–Kier alpha value is -3.10. The Morgan fingerprint density at radius 1 is 1.16 bits per heavy atom. The van der Waals surface area contributed by atoms with Crippen LogP contribution in [0.25, 0.3) is 11.3 Å². The number of hydrogen-bond donors (Lipinski definition) is 1. The van der Waals surface area contributed by atoms with E-state index in [0.29, 0.717) is 30.6 Å². The maximum Gasteiger partial charge on any atom is 0.416 e. The van der Waals surface area contributed by atoms with Crippen LogP contribution in [0.2, 0.25) is 0 Å². The van der Waals surface area contributed by atoms with Gasteiger partial charge in [0, 0.05) is 24.8 Å². The third-order valence-electron chi connectivity index (χ3n) is 4.98. The zero-order valence-electron chi connectivity index (χ0n) is 18.2. The maximum atomic E-state index is 12.8. The molecule has 2 heterocycles. The molecule has 1 saturated heterocycles. The highest BCUT2D eigenvalue weighted by molar-refractivity contribution is 5.86. The number of amides is 2. The predicted molar refractivity (Wildman–Crippen MR) is 112 cm³/mol. The highest BCUT2D eigenvalue weighted by Crippen LogP contribution is 2.30. The van der Waals surface area contributed by atoms with Crippen LogP contribution in [0, 0.1) is 0 Å². The summed E-state index contributed by atoms with van der Waals surface area (Å²) in [4.78, 5) is 30.7. The van der Waals surface area contributed by atoms with E-state index in [1.165, 1.54) is 23.2 Å². The molecule has 1 aromatic heterocycles. The van der Waals surface area contributed by atoms with Crippen molar-refractivity contribution in [2.75, 3.05) is 6.54 Å².